The lowest BCUT2D eigenvalue weighted by Gasteiger charge is -2.45. The second-order valence-electron chi connectivity index (χ2n) is 8.87. The number of carbonyl (C=O) groups excluding carboxylic acids is 1. The van der Waals surface area contributed by atoms with Gasteiger partial charge >= 0.3 is 0 Å². The lowest BCUT2D eigenvalue weighted by atomic mass is 9.74. The van der Waals surface area contributed by atoms with E-state index in [0.717, 1.165) is 56.8 Å². The Balaban J connectivity index is 1.70. The minimum Gasteiger partial charge on any atom is -0.487 e. The van der Waals surface area contributed by atoms with Gasteiger partial charge in [0.15, 0.2) is 0 Å². The molecule has 0 aliphatic carbocycles. The third kappa shape index (κ3) is 3.85. The van der Waals surface area contributed by atoms with Crippen molar-refractivity contribution < 1.29 is 9.53 Å². The van der Waals surface area contributed by atoms with Gasteiger partial charge in [0.25, 0.3) is 5.91 Å². The van der Waals surface area contributed by atoms with Crippen LogP contribution in [0.25, 0.3) is 0 Å². The lowest BCUT2D eigenvalue weighted by molar-refractivity contribution is 0.0113. The topological polar surface area (TPSA) is 41.6 Å². The summed E-state index contributed by atoms with van der Waals surface area (Å²) in [6.45, 7) is 11.9. The molecule has 4 nitrogen and oxygen atoms in total. The highest BCUT2D eigenvalue weighted by Crippen LogP contribution is 2.48. The highest BCUT2D eigenvalue weighted by atomic mass is 16.5. The summed E-state index contributed by atoms with van der Waals surface area (Å²) in [7, 11) is 0. The van der Waals surface area contributed by atoms with Crippen molar-refractivity contribution in [1.82, 2.24) is 10.2 Å². The maximum absolute atomic E-state index is 12.7. The van der Waals surface area contributed by atoms with Crippen LogP contribution in [0.1, 0.15) is 71.6 Å². The van der Waals surface area contributed by atoms with Crippen molar-refractivity contribution in [1.29, 1.82) is 0 Å². The molecular formula is C26H34N2O2. The highest BCUT2D eigenvalue weighted by molar-refractivity contribution is 5.94. The largest absolute Gasteiger partial charge is 0.487 e. The molecule has 0 saturated carbocycles. The van der Waals surface area contributed by atoms with Crippen LogP contribution < -0.4 is 10.1 Å². The first-order valence-corrected chi connectivity index (χ1v) is 11.4. The van der Waals surface area contributed by atoms with E-state index in [1.807, 2.05) is 30.9 Å². The van der Waals surface area contributed by atoms with Gasteiger partial charge in [-0.25, -0.2) is 0 Å². The Morgan fingerprint density at radius 3 is 2.33 bits per heavy atom. The fourth-order valence-electron chi connectivity index (χ4n) is 4.97. The Kier molecular flexibility index (Phi) is 5.88. The fraction of sp³-hybridized carbons (Fsp3) is 0.500. The smallest absolute Gasteiger partial charge is 0.253 e. The number of nitrogens with zero attached hydrogens (tertiary/aromatic N) is 1. The second kappa shape index (κ2) is 8.43. The molecule has 2 aliphatic rings. The van der Waals surface area contributed by atoms with E-state index < -0.39 is 0 Å². The van der Waals surface area contributed by atoms with Crippen molar-refractivity contribution in [3.05, 3.63) is 64.2 Å². The molecule has 0 radical (unpaired) electrons. The Bertz CT molecular complexity index is 909. The molecule has 30 heavy (non-hydrogen) atoms. The van der Waals surface area contributed by atoms with Gasteiger partial charge in [-0.15, -0.1) is 0 Å². The SMILES string of the molecule is CCN(CC)C(=O)c1ccc(C2CC3(CCNCC3)Oc3cc(C)c(C)cc32)cc1. The molecule has 1 fully saturated rings. The van der Waals surface area contributed by atoms with Crippen LogP contribution in [-0.2, 0) is 0 Å². The van der Waals surface area contributed by atoms with Crippen LogP contribution in [0.2, 0.25) is 0 Å². The minimum absolute atomic E-state index is 0.0969. The van der Waals surface area contributed by atoms with Crippen molar-refractivity contribution in [3.63, 3.8) is 0 Å². The van der Waals surface area contributed by atoms with Gasteiger partial charge in [-0.3, -0.25) is 4.79 Å². The van der Waals surface area contributed by atoms with Crippen LogP contribution in [0, 0.1) is 13.8 Å². The van der Waals surface area contributed by atoms with Gasteiger partial charge in [0.2, 0.25) is 0 Å². The van der Waals surface area contributed by atoms with Crippen LogP contribution in [0.3, 0.4) is 0 Å². The van der Waals surface area contributed by atoms with Crippen LogP contribution in [0.15, 0.2) is 36.4 Å². The summed E-state index contributed by atoms with van der Waals surface area (Å²) in [5.41, 5.74) is 5.81. The summed E-state index contributed by atoms with van der Waals surface area (Å²) in [4.78, 5) is 14.6. The van der Waals surface area contributed by atoms with E-state index in [4.69, 9.17) is 4.74 Å². The van der Waals surface area contributed by atoms with Crippen molar-refractivity contribution in [2.75, 3.05) is 26.2 Å². The summed E-state index contributed by atoms with van der Waals surface area (Å²) < 4.78 is 6.67. The van der Waals surface area contributed by atoms with Gasteiger partial charge in [-0.2, -0.15) is 0 Å². The summed E-state index contributed by atoms with van der Waals surface area (Å²) in [5, 5.41) is 3.47. The average Bonchev–Trinajstić information content (AvgIpc) is 2.76. The monoisotopic (exact) mass is 406 g/mol. The Morgan fingerprint density at radius 2 is 1.70 bits per heavy atom. The number of nitrogens with one attached hydrogen (secondary N) is 1. The predicted molar refractivity (Wildman–Crippen MR) is 122 cm³/mol. The van der Waals surface area contributed by atoms with Crippen LogP contribution in [0.4, 0.5) is 0 Å². The van der Waals surface area contributed by atoms with Crippen LogP contribution in [0.5, 0.6) is 5.75 Å². The minimum atomic E-state index is -0.0969. The Labute approximate surface area is 180 Å². The number of hydrogen-bond donors (Lipinski definition) is 1. The summed E-state index contributed by atoms with van der Waals surface area (Å²) in [5.74, 6) is 1.45. The fourth-order valence-corrected chi connectivity index (χ4v) is 4.97. The molecule has 160 valence electrons. The van der Waals surface area contributed by atoms with Crippen LogP contribution >= 0.6 is 0 Å². The molecule has 2 aromatic rings. The van der Waals surface area contributed by atoms with Gasteiger partial charge in [0.05, 0.1) is 0 Å². The number of benzene rings is 2. The molecule has 4 heteroatoms. The highest BCUT2D eigenvalue weighted by Gasteiger charge is 2.42. The third-order valence-electron chi connectivity index (χ3n) is 7.03. The van der Waals surface area contributed by atoms with E-state index in [2.05, 4.69) is 43.4 Å². The van der Waals surface area contributed by atoms with Crippen molar-refractivity contribution in [2.24, 2.45) is 0 Å². The average molecular weight is 407 g/mol. The zero-order valence-electron chi connectivity index (χ0n) is 18.8. The molecule has 1 atom stereocenters. The standard InChI is InChI=1S/C26H34N2O2/c1-5-28(6-2)25(29)21-9-7-20(8-10-21)23-17-26(11-13-27-14-12-26)30-24-16-19(4)18(3)15-22(23)24/h7-10,15-16,23,27H,5-6,11-14,17H2,1-4H3. The number of fused-ring (bicyclic) bond motifs is 1. The van der Waals surface area contributed by atoms with Gasteiger partial charge in [-0.1, -0.05) is 18.2 Å². The number of ether oxygens (including phenoxy) is 1. The van der Waals surface area contributed by atoms with E-state index in [1.165, 1.54) is 22.3 Å². The number of hydrogen-bond acceptors (Lipinski definition) is 3. The molecule has 2 heterocycles. The molecule has 0 bridgehead atoms. The zero-order chi connectivity index (χ0) is 21.3. The van der Waals surface area contributed by atoms with E-state index >= 15 is 0 Å². The molecule has 1 N–H and O–H groups in total. The molecular weight excluding hydrogens is 372 g/mol. The lowest BCUT2D eigenvalue weighted by Crippen LogP contribution is -2.49. The van der Waals surface area contributed by atoms with E-state index in [-0.39, 0.29) is 11.5 Å². The molecule has 1 saturated heterocycles. The van der Waals surface area contributed by atoms with Gasteiger partial charge in [0.1, 0.15) is 11.4 Å². The molecule has 1 unspecified atom stereocenters. The number of aryl methyl sites for hydroxylation is 2. The van der Waals surface area contributed by atoms with Gasteiger partial charge < -0.3 is 15.0 Å². The van der Waals surface area contributed by atoms with E-state index in [9.17, 15) is 4.79 Å². The van der Waals surface area contributed by atoms with Crippen LogP contribution in [-0.4, -0.2) is 42.6 Å². The quantitative estimate of drug-likeness (QED) is 0.791. The van der Waals surface area contributed by atoms with Gasteiger partial charge in [0, 0.05) is 30.1 Å². The first-order chi connectivity index (χ1) is 14.5. The first-order valence-electron chi connectivity index (χ1n) is 11.4. The normalized spacial score (nSPS) is 19.8. The molecule has 0 aromatic heterocycles. The Hall–Kier alpha value is -2.33. The molecule has 4 rings (SSSR count). The van der Waals surface area contributed by atoms with Crippen molar-refractivity contribution in [3.8, 4) is 5.75 Å². The second-order valence-corrected chi connectivity index (χ2v) is 8.87. The zero-order valence-corrected chi connectivity index (χ0v) is 18.8. The Morgan fingerprint density at radius 1 is 1.07 bits per heavy atom. The van der Waals surface area contributed by atoms with Crippen molar-refractivity contribution in [2.45, 2.75) is 58.5 Å². The summed E-state index contributed by atoms with van der Waals surface area (Å²) in [6, 6.07) is 12.8. The first kappa shape index (κ1) is 20.9. The molecule has 1 amide bonds. The molecule has 1 spiro atoms. The van der Waals surface area contributed by atoms with Gasteiger partial charge in [-0.05, 0) is 94.9 Å². The maximum atomic E-state index is 12.7. The summed E-state index contributed by atoms with van der Waals surface area (Å²) >= 11 is 0. The number of carbonyl (C=O) groups is 1. The van der Waals surface area contributed by atoms with E-state index in [0.29, 0.717) is 5.92 Å². The molecule has 2 aromatic carbocycles. The molecule has 2 aliphatic heterocycles. The number of rotatable bonds is 4. The number of amides is 1. The maximum Gasteiger partial charge on any atom is 0.253 e. The third-order valence-corrected chi connectivity index (χ3v) is 7.03. The van der Waals surface area contributed by atoms with E-state index in [1.54, 1.807) is 0 Å². The predicted octanol–water partition coefficient (Wildman–Crippen LogP) is 4.82. The number of piperidine rings is 1. The van der Waals surface area contributed by atoms with Crippen molar-refractivity contribution >= 4 is 5.91 Å². The summed E-state index contributed by atoms with van der Waals surface area (Å²) in [6.07, 6.45) is 3.07.